The highest BCUT2D eigenvalue weighted by atomic mass is 32.2. The van der Waals surface area contributed by atoms with Gasteiger partial charge in [0, 0.05) is 35.9 Å². The van der Waals surface area contributed by atoms with E-state index in [2.05, 4.69) is 9.71 Å². The fourth-order valence-electron chi connectivity index (χ4n) is 2.91. The maximum atomic E-state index is 12.9. The molecule has 1 aromatic heterocycles. The predicted octanol–water partition coefficient (Wildman–Crippen LogP) is 3.52. The van der Waals surface area contributed by atoms with E-state index in [0.29, 0.717) is 29.9 Å². The summed E-state index contributed by atoms with van der Waals surface area (Å²) in [6.45, 7) is 4.99. The molecule has 0 saturated heterocycles. The van der Waals surface area contributed by atoms with Crippen LogP contribution >= 0.6 is 0 Å². The molecule has 1 N–H and O–H groups in total. The summed E-state index contributed by atoms with van der Waals surface area (Å²) < 4.78 is 28.4. The molecule has 0 aliphatic rings. The molecule has 6 nitrogen and oxygen atoms in total. The van der Waals surface area contributed by atoms with Gasteiger partial charge in [-0.15, -0.1) is 0 Å². The second kappa shape index (κ2) is 7.75. The minimum Gasteiger partial charge on any atom is -0.339 e. The third-order valence-corrected chi connectivity index (χ3v) is 5.71. The highest BCUT2D eigenvalue weighted by molar-refractivity contribution is 7.93. The second-order valence-electron chi connectivity index (χ2n) is 6.00. The van der Waals surface area contributed by atoms with Crippen molar-refractivity contribution in [1.29, 1.82) is 0 Å². The molecule has 1 heterocycles. The highest BCUT2D eigenvalue weighted by Crippen LogP contribution is 2.23. The number of amides is 1. The lowest BCUT2D eigenvalue weighted by Gasteiger charge is -2.19. The SMILES string of the molecule is CCN(CC)C(=O)c1cccc(NS(=O)(=O)c2cccc3cccnc23)c1. The number of fused-ring (bicyclic) bond motifs is 1. The van der Waals surface area contributed by atoms with Crippen LogP contribution in [0.4, 0.5) is 5.69 Å². The zero-order valence-corrected chi connectivity index (χ0v) is 16.0. The normalized spacial score (nSPS) is 11.3. The maximum absolute atomic E-state index is 12.9. The molecule has 3 rings (SSSR count). The van der Waals surface area contributed by atoms with Crippen LogP contribution in [-0.4, -0.2) is 37.3 Å². The van der Waals surface area contributed by atoms with Crippen molar-refractivity contribution in [1.82, 2.24) is 9.88 Å². The van der Waals surface area contributed by atoms with Gasteiger partial charge in [0.05, 0.1) is 5.52 Å². The van der Waals surface area contributed by atoms with Crippen LogP contribution in [0.1, 0.15) is 24.2 Å². The topological polar surface area (TPSA) is 79.4 Å². The number of sulfonamides is 1. The molecule has 0 aliphatic carbocycles. The number of carbonyl (C=O) groups is 1. The van der Waals surface area contributed by atoms with Crippen molar-refractivity contribution in [3.05, 3.63) is 66.4 Å². The van der Waals surface area contributed by atoms with Gasteiger partial charge >= 0.3 is 0 Å². The van der Waals surface area contributed by atoms with Crippen molar-refractivity contribution >= 4 is 32.5 Å². The molecule has 0 atom stereocenters. The van der Waals surface area contributed by atoms with Crippen LogP contribution in [0.2, 0.25) is 0 Å². The van der Waals surface area contributed by atoms with Gasteiger partial charge in [0.1, 0.15) is 4.90 Å². The number of nitrogens with one attached hydrogen (secondary N) is 1. The van der Waals surface area contributed by atoms with Gasteiger partial charge in [0.15, 0.2) is 0 Å². The Kier molecular flexibility index (Phi) is 5.41. The number of aromatic nitrogens is 1. The number of rotatable bonds is 6. The molecule has 0 aliphatic heterocycles. The van der Waals surface area contributed by atoms with Crippen molar-refractivity contribution < 1.29 is 13.2 Å². The first kappa shape index (κ1) is 18.8. The molecule has 27 heavy (non-hydrogen) atoms. The van der Waals surface area contributed by atoms with E-state index in [1.54, 1.807) is 47.5 Å². The average Bonchev–Trinajstić information content (AvgIpc) is 2.68. The first-order chi connectivity index (χ1) is 13.0. The maximum Gasteiger partial charge on any atom is 0.264 e. The van der Waals surface area contributed by atoms with Gasteiger partial charge in [-0.2, -0.15) is 0 Å². The number of benzene rings is 2. The fraction of sp³-hybridized carbons (Fsp3) is 0.200. The van der Waals surface area contributed by atoms with Crippen LogP contribution in [0.25, 0.3) is 10.9 Å². The Morgan fingerprint density at radius 3 is 2.48 bits per heavy atom. The first-order valence-electron chi connectivity index (χ1n) is 8.72. The van der Waals surface area contributed by atoms with Gasteiger partial charge in [-0.3, -0.25) is 14.5 Å². The molecule has 0 radical (unpaired) electrons. The summed E-state index contributed by atoms with van der Waals surface area (Å²) >= 11 is 0. The molecular weight excluding hydrogens is 362 g/mol. The van der Waals surface area contributed by atoms with Crippen molar-refractivity contribution in [3.8, 4) is 0 Å². The van der Waals surface area contributed by atoms with Gasteiger partial charge < -0.3 is 4.90 Å². The van der Waals surface area contributed by atoms with Crippen molar-refractivity contribution in [2.75, 3.05) is 17.8 Å². The number of hydrogen-bond acceptors (Lipinski definition) is 4. The van der Waals surface area contributed by atoms with Crippen molar-refractivity contribution in [2.24, 2.45) is 0 Å². The lowest BCUT2D eigenvalue weighted by molar-refractivity contribution is 0.0773. The van der Waals surface area contributed by atoms with Crippen LogP contribution < -0.4 is 4.72 Å². The Bertz CT molecular complexity index is 1070. The molecule has 7 heteroatoms. The lowest BCUT2D eigenvalue weighted by atomic mass is 10.2. The molecule has 2 aromatic carbocycles. The largest absolute Gasteiger partial charge is 0.339 e. The molecule has 0 bridgehead atoms. The Balaban J connectivity index is 1.95. The summed E-state index contributed by atoms with van der Waals surface area (Å²) in [6, 6.07) is 15.1. The first-order valence-corrected chi connectivity index (χ1v) is 10.2. The molecule has 140 valence electrons. The quantitative estimate of drug-likeness (QED) is 0.706. The van der Waals surface area contributed by atoms with Gasteiger partial charge in [-0.1, -0.05) is 24.3 Å². The third-order valence-electron chi connectivity index (χ3n) is 4.30. The van der Waals surface area contributed by atoms with E-state index in [4.69, 9.17) is 0 Å². The molecular formula is C20H21N3O3S. The minimum atomic E-state index is -3.85. The predicted molar refractivity (Wildman–Crippen MR) is 106 cm³/mol. The Morgan fingerprint density at radius 2 is 1.74 bits per heavy atom. The average molecular weight is 383 g/mol. The van der Waals surface area contributed by atoms with Gasteiger partial charge in [-0.25, -0.2) is 8.42 Å². The molecule has 0 fully saturated rings. The van der Waals surface area contributed by atoms with Gasteiger partial charge in [0.25, 0.3) is 15.9 Å². The third kappa shape index (κ3) is 3.93. The molecule has 0 spiro atoms. The van der Waals surface area contributed by atoms with E-state index in [9.17, 15) is 13.2 Å². The Hall–Kier alpha value is -2.93. The smallest absolute Gasteiger partial charge is 0.264 e. The lowest BCUT2D eigenvalue weighted by Crippen LogP contribution is -2.30. The molecule has 0 saturated carbocycles. The van der Waals surface area contributed by atoms with E-state index in [0.717, 1.165) is 5.39 Å². The highest BCUT2D eigenvalue weighted by Gasteiger charge is 2.19. The Morgan fingerprint density at radius 1 is 1.04 bits per heavy atom. The molecule has 1 amide bonds. The number of nitrogens with zero attached hydrogens (tertiary/aromatic N) is 2. The summed E-state index contributed by atoms with van der Waals surface area (Å²) in [4.78, 5) is 18.5. The van der Waals surface area contributed by atoms with Crippen LogP contribution in [0.5, 0.6) is 0 Å². The van der Waals surface area contributed by atoms with Crippen LogP contribution in [0.3, 0.4) is 0 Å². The monoisotopic (exact) mass is 383 g/mol. The van der Waals surface area contributed by atoms with E-state index in [1.807, 2.05) is 26.0 Å². The van der Waals surface area contributed by atoms with Crippen LogP contribution in [0.15, 0.2) is 65.7 Å². The van der Waals surface area contributed by atoms with E-state index < -0.39 is 10.0 Å². The molecule has 0 unspecified atom stereocenters. The van der Waals surface area contributed by atoms with Crippen LogP contribution in [0, 0.1) is 0 Å². The Labute approximate surface area is 158 Å². The molecule has 3 aromatic rings. The summed E-state index contributed by atoms with van der Waals surface area (Å²) in [6.07, 6.45) is 1.56. The number of anilines is 1. The van der Waals surface area contributed by atoms with Crippen molar-refractivity contribution in [3.63, 3.8) is 0 Å². The summed E-state index contributed by atoms with van der Waals surface area (Å²) in [5.74, 6) is -0.132. The van der Waals surface area contributed by atoms with E-state index in [1.165, 1.54) is 6.07 Å². The van der Waals surface area contributed by atoms with Gasteiger partial charge in [0.2, 0.25) is 0 Å². The standard InChI is InChI=1S/C20H21N3O3S/c1-3-23(4-2)20(24)16-9-5-11-17(14-16)22-27(25,26)18-12-6-8-15-10-7-13-21-19(15)18/h5-14,22H,3-4H2,1-2H3. The number of hydrogen-bond donors (Lipinski definition) is 1. The summed E-state index contributed by atoms with van der Waals surface area (Å²) in [7, 11) is -3.85. The number of carbonyl (C=O) groups excluding carboxylic acids is 1. The minimum absolute atomic E-state index is 0.0982. The fourth-order valence-corrected chi connectivity index (χ4v) is 4.14. The zero-order valence-electron chi connectivity index (χ0n) is 15.2. The van der Waals surface area contributed by atoms with Crippen LogP contribution in [-0.2, 0) is 10.0 Å². The number of pyridine rings is 1. The summed E-state index contributed by atoms with van der Waals surface area (Å²) in [5, 5.41) is 0.742. The van der Waals surface area contributed by atoms with E-state index in [-0.39, 0.29) is 10.8 Å². The van der Waals surface area contributed by atoms with Gasteiger partial charge in [-0.05, 0) is 44.2 Å². The number of para-hydroxylation sites is 1. The second-order valence-corrected chi connectivity index (χ2v) is 7.65. The summed E-state index contributed by atoms with van der Waals surface area (Å²) in [5.41, 5.74) is 1.18. The van der Waals surface area contributed by atoms with Crippen molar-refractivity contribution in [2.45, 2.75) is 18.7 Å². The van der Waals surface area contributed by atoms with E-state index >= 15 is 0 Å². The zero-order chi connectivity index (χ0) is 19.4.